The molecule has 4 heterocycles. The summed E-state index contributed by atoms with van der Waals surface area (Å²) < 4.78 is 36.1. The van der Waals surface area contributed by atoms with E-state index in [2.05, 4.69) is 10.1 Å². The van der Waals surface area contributed by atoms with Crippen molar-refractivity contribution in [2.45, 2.75) is 32.4 Å². The van der Waals surface area contributed by atoms with E-state index in [9.17, 15) is 13.6 Å². The van der Waals surface area contributed by atoms with E-state index in [1.165, 1.54) is 16.0 Å². The molecule has 8 nitrogen and oxygen atoms in total. The number of pyridine rings is 1. The fourth-order valence-electron chi connectivity index (χ4n) is 4.39. The lowest BCUT2D eigenvalue weighted by Gasteiger charge is -2.41. The zero-order valence-electron chi connectivity index (χ0n) is 19.2. The second kappa shape index (κ2) is 8.83. The predicted molar refractivity (Wildman–Crippen MR) is 123 cm³/mol. The normalized spacial score (nSPS) is 17.4. The van der Waals surface area contributed by atoms with E-state index in [0.717, 1.165) is 23.7 Å². The number of ether oxygens (including phenoxy) is 1. The number of urea groups is 1. The van der Waals surface area contributed by atoms with E-state index in [1.54, 1.807) is 18.3 Å². The summed E-state index contributed by atoms with van der Waals surface area (Å²) in [7, 11) is 0. The number of nitrogens with zero attached hydrogens (tertiary/aromatic N) is 6. The molecule has 1 fully saturated rings. The molecule has 0 N–H and O–H groups in total. The van der Waals surface area contributed by atoms with Crippen LogP contribution in [0.1, 0.15) is 35.0 Å². The first-order chi connectivity index (χ1) is 16.8. The molecular weight excluding hydrogens is 454 g/mol. The molecule has 35 heavy (non-hydrogen) atoms. The smallest absolute Gasteiger partial charge is 0.341 e. The first kappa shape index (κ1) is 22.5. The third-order valence-electron chi connectivity index (χ3n) is 6.18. The topological polar surface area (TPSA) is 86.8 Å². The number of halogens is 2. The molecule has 178 valence electrons. The molecule has 1 atom stereocenters. The van der Waals surface area contributed by atoms with Crippen LogP contribution in [0.15, 0.2) is 47.7 Å². The first-order valence-electron chi connectivity index (χ1n) is 11.1. The number of carbonyl (C=O) groups is 1. The van der Waals surface area contributed by atoms with Crippen molar-refractivity contribution in [2.75, 3.05) is 13.1 Å². The maximum Gasteiger partial charge on any atom is 0.341 e. The second-order valence-corrected chi connectivity index (χ2v) is 8.63. The van der Waals surface area contributed by atoms with Gasteiger partial charge in [-0.05, 0) is 49.7 Å². The zero-order valence-corrected chi connectivity index (χ0v) is 19.2. The van der Waals surface area contributed by atoms with Gasteiger partial charge in [0.15, 0.2) is 11.6 Å². The number of likely N-dealkylation sites (tertiary alicyclic amines) is 1. The van der Waals surface area contributed by atoms with Gasteiger partial charge in [-0.25, -0.2) is 23.6 Å². The van der Waals surface area contributed by atoms with E-state index in [0.29, 0.717) is 17.8 Å². The summed E-state index contributed by atoms with van der Waals surface area (Å²) in [6.07, 6.45) is 2.74. The molecule has 1 aromatic carbocycles. The number of aromatic nitrogens is 2. The van der Waals surface area contributed by atoms with Gasteiger partial charge in [0.05, 0.1) is 37.0 Å². The van der Waals surface area contributed by atoms with Crippen LogP contribution in [-0.4, -0.2) is 50.9 Å². The fourth-order valence-corrected chi connectivity index (χ4v) is 4.39. The van der Waals surface area contributed by atoms with Crippen LogP contribution in [0.25, 0.3) is 5.82 Å². The average molecular weight is 476 g/mol. The summed E-state index contributed by atoms with van der Waals surface area (Å²) in [5, 5.41) is 14.6. The van der Waals surface area contributed by atoms with Gasteiger partial charge < -0.3 is 14.2 Å². The van der Waals surface area contributed by atoms with Gasteiger partial charge in [-0.3, -0.25) is 0 Å². The summed E-state index contributed by atoms with van der Waals surface area (Å²) in [5.74, 6) is -0.500. The summed E-state index contributed by atoms with van der Waals surface area (Å²) in [6, 6.07) is 10.5. The molecule has 1 saturated heterocycles. The van der Waals surface area contributed by atoms with Gasteiger partial charge in [0.25, 0.3) is 0 Å². The Morgan fingerprint density at radius 3 is 2.60 bits per heavy atom. The van der Waals surface area contributed by atoms with Gasteiger partial charge in [-0.15, -0.1) is 0 Å². The minimum absolute atomic E-state index is 0.0699. The average Bonchev–Trinajstić information content (AvgIpc) is 3.43. The number of hydrogen-bond donors (Lipinski definition) is 0. The van der Waals surface area contributed by atoms with Crippen molar-refractivity contribution >= 4 is 12.2 Å². The van der Waals surface area contributed by atoms with Crippen LogP contribution < -0.4 is 4.74 Å². The number of benzene rings is 1. The predicted octanol–water partition coefficient (Wildman–Crippen LogP) is 4.25. The van der Waals surface area contributed by atoms with Crippen LogP contribution in [0.4, 0.5) is 13.6 Å². The zero-order chi connectivity index (χ0) is 24.7. The summed E-state index contributed by atoms with van der Waals surface area (Å²) in [5.41, 5.74) is 2.62. The number of nitriles is 1. The Labute approximate surface area is 200 Å². The highest BCUT2D eigenvalue weighted by Crippen LogP contribution is 2.32. The van der Waals surface area contributed by atoms with Gasteiger partial charge in [0.1, 0.15) is 17.7 Å². The molecular formula is C25H22F2N6O2. The molecule has 2 amide bonds. The van der Waals surface area contributed by atoms with Crippen LogP contribution in [-0.2, 0) is 0 Å². The van der Waals surface area contributed by atoms with Crippen LogP contribution in [0.3, 0.4) is 0 Å². The molecule has 3 aromatic rings. The van der Waals surface area contributed by atoms with Crippen molar-refractivity contribution in [1.29, 1.82) is 5.26 Å². The Bertz CT molecular complexity index is 1350. The molecule has 5 rings (SSSR count). The van der Waals surface area contributed by atoms with E-state index in [-0.39, 0.29) is 36.5 Å². The quantitative estimate of drug-likeness (QED) is 0.563. The maximum atomic E-state index is 14.4. The van der Waals surface area contributed by atoms with Gasteiger partial charge >= 0.3 is 6.03 Å². The number of aryl methyl sites for hydroxylation is 2. The lowest BCUT2D eigenvalue weighted by atomic mass is 10.0. The van der Waals surface area contributed by atoms with Crippen molar-refractivity contribution in [3.63, 3.8) is 0 Å². The monoisotopic (exact) mass is 476 g/mol. The van der Waals surface area contributed by atoms with Gasteiger partial charge in [0, 0.05) is 30.1 Å². The largest absolute Gasteiger partial charge is 0.483 e. The van der Waals surface area contributed by atoms with Crippen molar-refractivity contribution < 1.29 is 18.3 Å². The van der Waals surface area contributed by atoms with Gasteiger partial charge in [-0.2, -0.15) is 10.4 Å². The number of hydrogen-bond acceptors (Lipinski definition) is 5. The number of carbonyl (C=O) groups excluding carboxylic acids is 1. The Balaban J connectivity index is 1.25. The molecule has 0 saturated carbocycles. The lowest BCUT2D eigenvalue weighted by molar-refractivity contribution is 0.0256. The number of hydrazone groups is 1. The Morgan fingerprint density at radius 1 is 1.14 bits per heavy atom. The minimum Gasteiger partial charge on any atom is -0.483 e. The molecule has 2 aliphatic rings. The summed E-state index contributed by atoms with van der Waals surface area (Å²) in [6.45, 7) is 4.38. The molecule has 2 aliphatic heterocycles. The fraction of sp³-hybridized carbons (Fsp3) is 0.280. The lowest BCUT2D eigenvalue weighted by Crippen LogP contribution is -2.58. The van der Waals surface area contributed by atoms with Crippen LogP contribution in [0.2, 0.25) is 0 Å². The standard InChI is InChI=1S/C25H22F2N6O2/c1-15-3-4-16(2)32(15)24-10-23(21(27)12-29-24)35-20-13-31(14-20)25(34)33-22(5-6-30-33)18-7-17(11-28)8-19(26)9-18/h3-4,6-10,12,20,22H,5,13-14H2,1-2H3. The van der Waals surface area contributed by atoms with Crippen molar-refractivity contribution in [3.8, 4) is 17.6 Å². The number of rotatable bonds is 4. The van der Waals surface area contributed by atoms with Crippen molar-refractivity contribution in [3.05, 3.63) is 76.7 Å². The molecule has 0 radical (unpaired) electrons. The van der Waals surface area contributed by atoms with Crippen molar-refractivity contribution in [1.82, 2.24) is 19.5 Å². The van der Waals surface area contributed by atoms with E-state index < -0.39 is 17.7 Å². The molecule has 1 unspecified atom stereocenters. The highest BCUT2D eigenvalue weighted by molar-refractivity contribution is 5.79. The minimum atomic E-state index is -0.579. The second-order valence-electron chi connectivity index (χ2n) is 8.63. The van der Waals surface area contributed by atoms with E-state index in [1.807, 2.05) is 36.6 Å². The molecule has 0 bridgehead atoms. The molecule has 2 aromatic heterocycles. The molecule has 0 spiro atoms. The van der Waals surface area contributed by atoms with E-state index >= 15 is 0 Å². The first-order valence-corrected chi connectivity index (χ1v) is 11.1. The Hall–Kier alpha value is -4.26. The third kappa shape index (κ3) is 4.21. The van der Waals surface area contributed by atoms with Crippen LogP contribution in [0, 0.1) is 36.8 Å². The summed E-state index contributed by atoms with van der Waals surface area (Å²) in [4.78, 5) is 18.7. The van der Waals surface area contributed by atoms with Gasteiger partial charge in [-0.1, -0.05) is 0 Å². The Morgan fingerprint density at radius 2 is 1.89 bits per heavy atom. The SMILES string of the molecule is Cc1ccc(C)n1-c1cc(OC2CN(C(=O)N3N=CCC3c3cc(F)cc(C#N)c3)C2)c(F)cn1. The maximum absolute atomic E-state index is 14.4. The summed E-state index contributed by atoms with van der Waals surface area (Å²) >= 11 is 0. The Kier molecular flexibility index (Phi) is 5.68. The van der Waals surface area contributed by atoms with Crippen LogP contribution >= 0.6 is 0 Å². The highest BCUT2D eigenvalue weighted by atomic mass is 19.1. The highest BCUT2D eigenvalue weighted by Gasteiger charge is 2.39. The molecule has 10 heteroatoms. The van der Waals surface area contributed by atoms with Crippen molar-refractivity contribution in [2.24, 2.45) is 5.10 Å². The van der Waals surface area contributed by atoms with Gasteiger partial charge in [0.2, 0.25) is 0 Å². The molecule has 0 aliphatic carbocycles. The number of amides is 2. The third-order valence-corrected chi connectivity index (χ3v) is 6.18. The van der Waals surface area contributed by atoms with Crippen LogP contribution in [0.5, 0.6) is 5.75 Å². The van der Waals surface area contributed by atoms with E-state index in [4.69, 9.17) is 10.00 Å².